The van der Waals surface area contributed by atoms with Gasteiger partial charge in [-0.15, -0.1) is 12.4 Å². The number of amides is 1. The van der Waals surface area contributed by atoms with Gasteiger partial charge in [-0.05, 0) is 66.3 Å². The van der Waals surface area contributed by atoms with E-state index in [0.29, 0.717) is 11.5 Å². The second-order valence-electron chi connectivity index (χ2n) is 6.56. The molecule has 1 amide bonds. The lowest BCUT2D eigenvalue weighted by Crippen LogP contribution is -2.16. The van der Waals surface area contributed by atoms with Gasteiger partial charge >= 0.3 is 0 Å². The zero-order chi connectivity index (χ0) is 17.7. The highest BCUT2D eigenvalue weighted by Gasteiger charge is 2.08. The minimum absolute atomic E-state index is 0. The van der Waals surface area contributed by atoms with Crippen LogP contribution in [-0.4, -0.2) is 12.5 Å². The number of carbonyl (C=O) groups excluding carboxylic acids is 1. The second-order valence-corrected chi connectivity index (χ2v) is 6.97. The first-order valence-corrected chi connectivity index (χ1v) is 8.66. The van der Waals surface area contributed by atoms with Crippen LogP contribution in [0.5, 0.6) is 0 Å². The summed E-state index contributed by atoms with van der Waals surface area (Å²) in [5.41, 5.74) is 10.0. The Morgan fingerprint density at radius 2 is 1.92 bits per heavy atom. The number of halogens is 2. The van der Waals surface area contributed by atoms with Crippen molar-refractivity contribution in [1.29, 1.82) is 0 Å². The minimum Gasteiger partial charge on any atom is -0.366 e. The normalized spacial score (nSPS) is 10.6. The molecular weight excluding hydrogens is 355 g/mol. The van der Waals surface area contributed by atoms with Gasteiger partial charge in [0.25, 0.3) is 0 Å². The van der Waals surface area contributed by atoms with Crippen molar-refractivity contribution in [3.63, 3.8) is 0 Å². The van der Waals surface area contributed by atoms with Gasteiger partial charge in [0.15, 0.2) is 0 Å². The van der Waals surface area contributed by atoms with Gasteiger partial charge in [-0.3, -0.25) is 4.79 Å². The molecule has 0 radical (unpaired) electrons. The number of aryl methyl sites for hydroxylation is 1. The zero-order valence-corrected chi connectivity index (χ0v) is 16.5. The summed E-state index contributed by atoms with van der Waals surface area (Å²) >= 11 is 6.44. The Bertz CT molecular complexity index is 730. The molecule has 0 saturated heterocycles. The Kier molecular flexibility index (Phi) is 8.43. The standard InChI is InChI=1S/C20H25ClN2O.ClH/c1-13(2)8-9-23-12-17-5-4-15(11-19(17)21)18-7-6-16(20(22)24)10-14(18)3;/h4-7,10-11,13,23H,8-9,12H2,1-3H3,(H2,22,24);1H. The molecule has 0 aliphatic rings. The van der Waals surface area contributed by atoms with Crippen molar-refractivity contribution in [3.05, 3.63) is 58.1 Å². The average Bonchev–Trinajstić information content (AvgIpc) is 2.52. The summed E-state index contributed by atoms with van der Waals surface area (Å²) < 4.78 is 0. The van der Waals surface area contributed by atoms with Crippen LogP contribution in [0.15, 0.2) is 36.4 Å². The monoisotopic (exact) mass is 380 g/mol. The fourth-order valence-corrected chi connectivity index (χ4v) is 2.86. The number of nitrogens with two attached hydrogens (primary N) is 1. The predicted molar refractivity (Wildman–Crippen MR) is 109 cm³/mol. The Hall–Kier alpha value is -1.55. The van der Waals surface area contributed by atoms with Crippen LogP contribution in [0.2, 0.25) is 5.02 Å². The maximum absolute atomic E-state index is 11.3. The molecule has 25 heavy (non-hydrogen) atoms. The summed E-state index contributed by atoms with van der Waals surface area (Å²) in [7, 11) is 0. The number of primary amides is 1. The number of rotatable bonds is 7. The van der Waals surface area contributed by atoms with E-state index in [1.165, 1.54) is 0 Å². The van der Waals surface area contributed by atoms with Crippen LogP contribution in [0.1, 0.15) is 41.8 Å². The Morgan fingerprint density at radius 1 is 1.20 bits per heavy atom. The van der Waals surface area contributed by atoms with E-state index in [1.807, 2.05) is 25.1 Å². The summed E-state index contributed by atoms with van der Waals surface area (Å²) in [6, 6.07) is 11.6. The van der Waals surface area contributed by atoms with Crippen LogP contribution in [0.3, 0.4) is 0 Å². The molecule has 2 aromatic rings. The van der Waals surface area contributed by atoms with Crippen molar-refractivity contribution < 1.29 is 4.79 Å². The summed E-state index contributed by atoms with van der Waals surface area (Å²) in [6.07, 6.45) is 1.15. The lowest BCUT2D eigenvalue weighted by molar-refractivity contribution is 0.1000. The highest BCUT2D eigenvalue weighted by atomic mass is 35.5. The molecule has 0 unspecified atom stereocenters. The molecule has 3 nitrogen and oxygen atoms in total. The van der Waals surface area contributed by atoms with Crippen molar-refractivity contribution in [3.8, 4) is 11.1 Å². The fourth-order valence-electron chi connectivity index (χ4n) is 2.61. The molecule has 0 atom stereocenters. The number of carbonyl (C=O) groups is 1. The lowest BCUT2D eigenvalue weighted by atomic mass is 9.97. The molecule has 0 spiro atoms. The highest BCUT2D eigenvalue weighted by molar-refractivity contribution is 6.31. The number of hydrogen-bond acceptors (Lipinski definition) is 2. The van der Waals surface area contributed by atoms with E-state index < -0.39 is 5.91 Å². The van der Waals surface area contributed by atoms with E-state index in [4.69, 9.17) is 17.3 Å². The quantitative estimate of drug-likeness (QED) is 0.665. The van der Waals surface area contributed by atoms with Crippen molar-refractivity contribution >= 4 is 29.9 Å². The molecular formula is C20H26Cl2N2O. The largest absolute Gasteiger partial charge is 0.366 e. The third kappa shape index (κ3) is 6.03. The van der Waals surface area contributed by atoms with E-state index in [0.717, 1.165) is 46.8 Å². The molecule has 136 valence electrons. The van der Waals surface area contributed by atoms with E-state index in [9.17, 15) is 4.79 Å². The van der Waals surface area contributed by atoms with Gasteiger partial charge in [-0.1, -0.05) is 43.6 Å². The van der Waals surface area contributed by atoms with E-state index in [-0.39, 0.29) is 12.4 Å². The van der Waals surface area contributed by atoms with E-state index in [2.05, 4.69) is 31.3 Å². The van der Waals surface area contributed by atoms with Gasteiger partial charge in [0.05, 0.1) is 0 Å². The Morgan fingerprint density at radius 3 is 2.48 bits per heavy atom. The molecule has 0 aliphatic carbocycles. The summed E-state index contributed by atoms with van der Waals surface area (Å²) in [5, 5.41) is 4.18. The van der Waals surface area contributed by atoms with Crippen LogP contribution in [0.25, 0.3) is 11.1 Å². The average molecular weight is 381 g/mol. The zero-order valence-electron chi connectivity index (χ0n) is 14.9. The van der Waals surface area contributed by atoms with Gasteiger partial charge in [-0.2, -0.15) is 0 Å². The summed E-state index contributed by atoms with van der Waals surface area (Å²) in [4.78, 5) is 11.3. The molecule has 3 N–H and O–H groups in total. The van der Waals surface area contributed by atoms with Gasteiger partial charge in [-0.25, -0.2) is 0 Å². The van der Waals surface area contributed by atoms with Crippen LogP contribution in [0.4, 0.5) is 0 Å². The molecule has 2 aromatic carbocycles. The number of hydrogen-bond donors (Lipinski definition) is 2. The molecule has 0 heterocycles. The predicted octanol–water partition coefficient (Wildman–Crippen LogP) is 4.97. The lowest BCUT2D eigenvalue weighted by Gasteiger charge is -2.12. The van der Waals surface area contributed by atoms with E-state index in [1.54, 1.807) is 6.07 Å². The van der Waals surface area contributed by atoms with Gasteiger partial charge in [0.2, 0.25) is 5.91 Å². The Labute approximate surface area is 161 Å². The molecule has 0 fully saturated rings. The molecule has 0 bridgehead atoms. The number of nitrogens with one attached hydrogen (secondary N) is 1. The maximum atomic E-state index is 11.3. The second kappa shape index (κ2) is 9.81. The molecule has 0 saturated carbocycles. The van der Waals surface area contributed by atoms with E-state index >= 15 is 0 Å². The third-order valence-electron chi connectivity index (χ3n) is 4.09. The third-order valence-corrected chi connectivity index (χ3v) is 4.44. The summed E-state index contributed by atoms with van der Waals surface area (Å²) in [6.45, 7) is 8.16. The van der Waals surface area contributed by atoms with Crippen molar-refractivity contribution in [1.82, 2.24) is 5.32 Å². The fraction of sp³-hybridized carbons (Fsp3) is 0.350. The van der Waals surface area contributed by atoms with Crippen molar-refractivity contribution in [2.45, 2.75) is 33.7 Å². The first-order chi connectivity index (χ1) is 11.4. The minimum atomic E-state index is -0.412. The SMILES string of the molecule is Cc1cc(C(N)=O)ccc1-c1ccc(CNCCC(C)C)c(Cl)c1.Cl. The molecule has 0 aromatic heterocycles. The van der Waals surface area contributed by atoms with Crippen molar-refractivity contribution in [2.75, 3.05) is 6.54 Å². The highest BCUT2D eigenvalue weighted by Crippen LogP contribution is 2.28. The van der Waals surface area contributed by atoms with Crippen LogP contribution >= 0.6 is 24.0 Å². The maximum Gasteiger partial charge on any atom is 0.248 e. The molecule has 0 aliphatic heterocycles. The number of benzene rings is 2. The Balaban J connectivity index is 0.00000312. The van der Waals surface area contributed by atoms with Crippen molar-refractivity contribution in [2.24, 2.45) is 11.7 Å². The van der Waals surface area contributed by atoms with Crippen LogP contribution in [-0.2, 0) is 6.54 Å². The summed E-state index contributed by atoms with van der Waals surface area (Å²) in [5.74, 6) is 0.284. The van der Waals surface area contributed by atoms with Crippen LogP contribution < -0.4 is 11.1 Å². The first kappa shape index (κ1) is 21.5. The molecule has 2 rings (SSSR count). The van der Waals surface area contributed by atoms with Crippen LogP contribution in [0, 0.1) is 12.8 Å². The van der Waals surface area contributed by atoms with Gasteiger partial charge in [0.1, 0.15) is 0 Å². The molecule has 5 heteroatoms. The van der Waals surface area contributed by atoms with Gasteiger partial charge < -0.3 is 11.1 Å². The smallest absolute Gasteiger partial charge is 0.248 e. The van der Waals surface area contributed by atoms with Gasteiger partial charge in [0, 0.05) is 17.1 Å². The topological polar surface area (TPSA) is 55.1 Å². The first-order valence-electron chi connectivity index (χ1n) is 8.28.